The summed E-state index contributed by atoms with van der Waals surface area (Å²) in [5.41, 5.74) is 1.44. The number of aromatic nitrogens is 3. The largest absolute Gasteiger partial charge is 0.361 e. The molecule has 3 heterocycles. The molecular formula is C14H18N4O2. The summed E-state index contributed by atoms with van der Waals surface area (Å²) in [5, 5.41) is 3.80. The number of aromatic amines is 1. The number of rotatable bonds is 2. The highest BCUT2D eigenvalue weighted by Crippen LogP contribution is 2.25. The number of nitrogens with one attached hydrogen (secondary N) is 1. The molecular weight excluding hydrogens is 256 g/mol. The zero-order chi connectivity index (χ0) is 14.1. The molecule has 1 saturated heterocycles. The molecule has 1 aliphatic heterocycles. The Kier molecular flexibility index (Phi) is 3.30. The third-order valence-electron chi connectivity index (χ3n) is 3.66. The van der Waals surface area contributed by atoms with Crippen LogP contribution in [0.15, 0.2) is 16.8 Å². The van der Waals surface area contributed by atoms with E-state index in [1.807, 2.05) is 18.0 Å². The van der Waals surface area contributed by atoms with Crippen molar-refractivity contribution in [2.45, 2.75) is 32.6 Å². The number of piperidine rings is 1. The van der Waals surface area contributed by atoms with Crippen molar-refractivity contribution < 1.29 is 9.32 Å². The SMILES string of the molecule is Cc1cnc([C@@H]2CCCN(C(=O)c3cc(C)on3)C2)[nH]1. The average molecular weight is 274 g/mol. The van der Waals surface area contributed by atoms with E-state index >= 15 is 0 Å². The summed E-state index contributed by atoms with van der Waals surface area (Å²) in [6.45, 7) is 5.22. The Morgan fingerprint density at radius 3 is 3.00 bits per heavy atom. The van der Waals surface area contributed by atoms with Crippen LogP contribution in [0.5, 0.6) is 0 Å². The molecule has 20 heavy (non-hydrogen) atoms. The van der Waals surface area contributed by atoms with Crippen LogP contribution >= 0.6 is 0 Å². The molecule has 106 valence electrons. The number of likely N-dealkylation sites (tertiary alicyclic amines) is 1. The van der Waals surface area contributed by atoms with Crippen molar-refractivity contribution >= 4 is 5.91 Å². The van der Waals surface area contributed by atoms with Gasteiger partial charge in [-0.25, -0.2) is 4.98 Å². The van der Waals surface area contributed by atoms with E-state index in [9.17, 15) is 4.79 Å². The first-order chi connectivity index (χ1) is 9.63. The summed E-state index contributed by atoms with van der Waals surface area (Å²) < 4.78 is 4.98. The Morgan fingerprint density at radius 1 is 1.50 bits per heavy atom. The molecule has 0 aromatic carbocycles. The fourth-order valence-electron chi connectivity index (χ4n) is 2.65. The van der Waals surface area contributed by atoms with Gasteiger partial charge in [-0.05, 0) is 26.7 Å². The van der Waals surface area contributed by atoms with Crippen LogP contribution in [0, 0.1) is 13.8 Å². The molecule has 1 atom stereocenters. The van der Waals surface area contributed by atoms with Gasteiger partial charge in [-0.15, -0.1) is 0 Å². The molecule has 1 N–H and O–H groups in total. The van der Waals surface area contributed by atoms with Crippen LogP contribution in [0.25, 0.3) is 0 Å². The van der Waals surface area contributed by atoms with Crippen molar-refractivity contribution in [1.82, 2.24) is 20.0 Å². The lowest BCUT2D eigenvalue weighted by Gasteiger charge is -2.31. The summed E-state index contributed by atoms with van der Waals surface area (Å²) in [7, 11) is 0. The standard InChI is InChI=1S/C14H18N4O2/c1-9-7-15-13(16-9)11-4-3-5-18(8-11)14(19)12-6-10(2)20-17-12/h6-7,11H,3-5,8H2,1-2H3,(H,15,16)/t11-/m1/s1. The minimum absolute atomic E-state index is 0.0603. The van der Waals surface area contributed by atoms with Gasteiger partial charge in [0, 0.05) is 37.0 Å². The van der Waals surface area contributed by atoms with Crippen molar-refractivity contribution in [3.63, 3.8) is 0 Å². The molecule has 2 aromatic rings. The highest BCUT2D eigenvalue weighted by atomic mass is 16.5. The maximum absolute atomic E-state index is 12.4. The predicted octanol–water partition coefficient (Wildman–Crippen LogP) is 2.03. The van der Waals surface area contributed by atoms with Gasteiger partial charge in [0.1, 0.15) is 11.6 Å². The van der Waals surface area contributed by atoms with Gasteiger partial charge in [0.15, 0.2) is 5.69 Å². The lowest BCUT2D eigenvalue weighted by Crippen LogP contribution is -2.39. The number of carbonyl (C=O) groups is 1. The van der Waals surface area contributed by atoms with Gasteiger partial charge in [-0.2, -0.15) is 0 Å². The molecule has 0 bridgehead atoms. The van der Waals surface area contributed by atoms with Crippen LogP contribution in [0.2, 0.25) is 0 Å². The van der Waals surface area contributed by atoms with Gasteiger partial charge in [0.2, 0.25) is 0 Å². The molecule has 1 fully saturated rings. The zero-order valence-corrected chi connectivity index (χ0v) is 11.7. The second kappa shape index (κ2) is 5.11. The number of nitrogens with zero attached hydrogens (tertiary/aromatic N) is 3. The van der Waals surface area contributed by atoms with E-state index in [1.54, 1.807) is 13.0 Å². The van der Waals surface area contributed by atoms with Gasteiger partial charge in [0.05, 0.1) is 0 Å². The maximum Gasteiger partial charge on any atom is 0.276 e. The summed E-state index contributed by atoms with van der Waals surface area (Å²) >= 11 is 0. The van der Waals surface area contributed by atoms with E-state index in [2.05, 4.69) is 15.1 Å². The number of hydrogen-bond donors (Lipinski definition) is 1. The van der Waals surface area contributed by atoms with E-state index in [0.29, 0.717) is 18.0 Å². The van der Waals surface area contributed by atoms with Crippen LogP contribution < -0.4 is 0 Å². The van der Waals surface area contributed by atoms with Crippen LogP contribution in [0.3, 0.4) is 0 Å². The first kappa shape index (κ1) is 12.9. The molecule has 6 nitrogen and oxygen atoms in total. The molecule has 0 saturated carbocycles. The van der Waals surface area contributed by atoms with Gasteiger partial charge in [-0.3, -0.25) is 4.79 Å². The first-order valence-corrected chi connectivity index (χ1v) is 6.87. The Labute approximate surface area is 117 Å². The third-order valence-corrected chi connectivity index (χ3v) is 3.66. The van der Waals surface area contributed by atoms with Gasteiger partial charge < -0.3 is 14.4 Å². The van der Waals surface area contributed by atoms with Crippen molar-refractivity contribution in [2.24, 2.45) is 0 Å². The van der Waals surface area contributed by atoms with E-state index in [-0.39, 0.29) is 11.8 Å². The van der Waals surface area contributed by atoms with Crippen LogP contribution in [0.1, 0.15) is 46.5 Å². The number of H-pyrrole nitrogens is 1. The lowest BCUT2D eigenvalue weighted by molar-refractivity contribution is 0.0694. The highest BCUT2D eigenvalue weighted by molar-refractivity contribution is 5.92. The molecule has 0 aliphatic carbocycles. The normalized spacial score (nSPS) is 19.3. The number of imidazole rings is 1. The van der Waals surface area contributed by atoms with E-state index in [4.69, 9.17) is 4.52 Å². The fourth-order valence-corrected chi connectivity index (χ4v) is 2.65. The van der Waals surface area contributed by atoms with E-state index in [1.165, 1.54) is 0 Å². The van der Waals surface area contributed by atoms with Crippen molar-refractivity contribution in [3.05, 3.63) is 35.2 Å². The van der Waals surface area contributed by atoms with Crippen LogP contribution in [-0.4, -0.2) is 39.0 Å². The van der Waals surface area contributed by atoms with Crippen molar-refractivity contribution in [2.75, 3.05) is 13.1 Å². The smallest absolute Gasteiger partial charge is 0.276 e. The third kappa shape index (κ3) is 2.45. The van der Waals surface area contributed by atoms with Crippen molar-refractivity contribution in [1.29, 1.82) is 0 Å². The molecule has 1 amide bonds. The van der Waals surface area contributed by atoms with Gasteiger partial charge in [-0.1, -0.05) is 5.16 Å². The number of aryl methyl sites for hydroxylation is 2. The second-order valence-electron chi connectivity index (χ2n) is 5.36. The number of carbonyl (C=O) groups excluding carboxylic acids is 1. The summed E-state index contributed by atoms with van der Waals surface area (Å²) in [6, 6.07) is 1.68. The van der Waals surface area contributed by atoms with Crippen molar-refractivity contribution in [3.8, 4) is 0 Å². The Bertz CT molecular complexity index is 616. The lowest BCUT2D eigenvalue weighted by atomic mass is 9.97. The molecule has 0 spiro atoms. The van der Waals surface area contributed by atoms with E-state index in [0.717, 1.165) is 30.9 Å². The summed E-state index contributed by atoms with van der Waals surface area (Å²) in [5.74, 6) is 1.84. The number of amides is 1. The first-order valence-electron chi connectivity index (χ1n) is 6.87. The molecule has 0 unspecified atom stereocenters. The Morgan fingerprint density at radius 2 is 2.35 bits per heavy atom. The quantitative estimate of drug-likeness (QED) is 0.909. The molecule has 1 aliphatic rings. The maximum atomic E-state index is 12.4. The highest BCUT2D eigenvalue weighted by Gasteiger charge is 2.28. The van der Waals surface area contributed by atoms with E-state index < -0.39 is 0 Å². The van der Waals surface area contributed by atoms with Crippen LogP contribution in [-0.2, 0) is 0 Å². The average Bonchev–Trinajstić information content (AvgIpc) is 3.07. The monoisotopic (exact) mass is 274 g/mol. The minimum atomic E-state index is -0.0603. The predicted molar refractivity (Wildman–Crippen MR) is 72.4 cm³/mol. The topological polar surface area (TPSA) is 75.0 Å². The van der Waals surface area contributed by atoms with Gasteiger partial charge >= 0.3 is 0 Å². The second-order valence-corrected chi connectivity index (χ2v) is 5.36. The molecule has 6 heteroatoms. The van der Waals surface area contributed by atoms with Gasteiger partial charge in [0.25, 0.3) is 5.91 Å². The summed E-state index contributed by atoms with van der Waals surface area (Å²) in [4.78, 5) is 21.9. The minimum Gasteiger partial charge on any atom is -0.361 e. The Hall–Kier alpha value is -2.11. The molecule has 0 radical (unpaired) electrons. The number of hydrogen-bond acceptors (Lipinski definition) is 4. The Balaban J connectivity index is 1.73. The molecule has 2 aromatic heterocycles. The molecule has 3 rings (SSSR count). The summed E-state index contributed by atoms with van der Waals surface area (Å²) in [6.07, 6.45) is 3.86. The zero-order valence-electron chi connectivity index (χ0n) is 11.7. The van der Waals surface area contributed by atoms with Crippen LogP contribution in [0.4, 0.5) is 0 Å². The fraction of sp³-hybridized carbons (Fsp3) is 0.500.